The van der Waals surface area contributed by atoms with Gasteiger partial charge in [0.15, 0.2) is 0 Å². The van der Waals surface area contributed by atoms with Crippen LogP contribution >= 0.6 is 27.3 Å². The summed E-state index contributed by atoms with van der Waals surface area (Å²) in [7, 11) is 0. The third kappa shape index (κ3) is 2.47. The van der Waals surface area contributed by atoms with Crippen molar-refractivity contribution in [3.63, 3.8) is 0 Å². The second-order valence-electron chi connectivity index (χ2n) is 1.66. The summed E-state index contributed by atoms with van der Waals surface area (Å²) >= 11 is 4.45. The molecule has 0 radical (unpaired) electrons. The van der Waals surface area contributed by atoms with Crippen LogP contribution in [0.2, 0.25) is 0 Å². The van der Waals surface area contributed by atoms with Crippen LogP contribution in [0.15, 0.2) is 5.38 Å². The summed E-state index contributed by atoms with van der Waals surface area (Å²) in [5.74, 6) is 0. The summed E-state index contributed by atoms with van der Waals surface area (Å²) < 4.78 is 4.52. The average Bonchev–Trinajstić information content (AvgIpc) is 2.34. The number of alkyl halides is 1. The molecule has 0 aromatic carbocycles. The molecule has 1 heterocycles. The molecule has 0 spiro atoms. The molecule has 6 heteroatoms. The van der Waals surface area contributed by atoms with Gasteiger partial charge in [-0.2, -0.15) is 0 Å². The number of hydrogen-bond acceptors (Lipinski definition) is 4. The molecule has 0 aliphatic carbocycles. The number of halogens is 1. The summed E-state index contributed by atoms with van der Waals surface area (Å²) in [5, 5.41) is 2.71. The van der Waals surface area contributed by atoms with Gasteiger partial charge < -0.3 is 10.5 Å². The second kappa shape index (κ2) is 3.68. The van der Waals surface area contributed by atoms with Crippen LogP contribution in [0.1, 0.15) is 5.69 Å². The number of rotatable bonds is 2. The maximum Gasteiger partial charge on any atom is 0.411 e. The Morgan fingerprint density at radius 1 is 1.91 bits per heavy atom. The van der Waals surface area contributed by atoms with E-state index in [9.17, 15) is 4.79 Å². The van der Waals surface area contributed by atoms with Crippen molar-refractivity contribution in [2.24, 2.45) is 5.73 Å². The van der Waals surface area contributed by atoms with Crippen LogP contribution in [0.25, 0.3) is 0 Å². The Labute approximate surface area is 75.5 Å². The molecular weight excluding hydrogens is 232 g/mol. The number of nitrogens with two attached hydrogens (primary N) is 1. The first-order chi connectivity index (χ1) is 5.22. The second-order valence-corrected chi connectivity index (χ2v) is 3.04. The topological polar surface area (TPSA) is 65.2 Å². The van der Waals surface area contributed by atoms with Crippen LogP contribution in [0.4, 0.5) is 4.79 Å². The number of aromatic nitrogens is 1. The lowest BCUT2D eigenvalue weighted by Crippen LogP contribution is -2.16. The summed E-state index contributed by atoms with van der Waals surface area (Å²) in [6.07, 6.45) is -0.833. The van der Waals surface area contributed by atoms with Crippen LogP contribution in [-0.4, -0.2) is 11.1 Å². The Hall–Kier alpha value is -0.620. The van der Waals surface area contributed by atoms with Crippen molar-refractivity contribution in [1.29, 1.82) is 0 Å². The highest BCUT2D eigenvalue weighted by Gasteiger charge is 2.03. The van der Waals surface area contributed by atoms with Crippen LogP contribution in [0, 0.1) is 0 Å². The van der Waals surface area contributed by atoms with Crippen molar-refractivity contribution in [2.45, 2.75) is 5.33 Å². The first-order valence-electron chi connectivity index (χ1n) is 2.70. The number of carbonyl (C=O) groups excluding carboxylic acids is 1. The highest BCUT2D eigenvalue weighted by Crippen LogP contribution is 2.19. The number of amides is 1. The molecule has 0 aliphatic heterocycles. The Morgan fingerprint density at radius 2 is 2.64 bits per heavy atom. The monoisotopic (exact) mass is 236 g/mol. The van der Waals surface area contributed by atoms with Gasteiger partial charge in [0.25, 0.3) is 5.19 Å². The van der Waals surface area contributed by atoms with Gasteiger partial charge in [-0.05, 0) is 0 Å². The van der Waals surface area contributed by atoms with Crippen LogP contribution in [0.5, 0.6) is 5.19 Å². The average molecular weight is 237 g/mol. The number of carbonyl (C=O) groups is 1. The minimum Gasteiger partial charge on any atom is -0.381 e. The van der Waals surface area contributed by atoms with Crippen molar-refractivity contribution in [1.82, 2.24) is 4.98 Å². The molecule has 0 unspecified atom stereocenters. The van der Waals surface area contributed by atoms with Gasteiger partial charge in [0, 0.05) is 10.7 Å². The van der Waals surface area contributed by atoms with Crippen molar-refractivity contribution >= 4 is 33.4 Å². The lowest BCUT2D eigenvalue weighted by Gasteiger charge is -1.90. The molecule has 0 atom stereocenters. The van der Waals surface area contributed by atoms with Crippen molar-refractivity contribution < 1.29 is 9.53 Å². The highest BCUT2D eigenvalue weighted by molar-refractivity contribution is 9.08. The van der Waals surface area contributed by atoms with E-state index in [1.54, 1.807) is 5.38 Å². The van der Waals surface area contributed by atoms with E-state index in [0.717, 1.165) is 5.69 Å². The van der Waals surface area contributed by atoms with E-state index in [0.29, 0.717) is 5.33 Å². The third-order valence-electron chi connectivity index (χ3n) is 0.855. The minimum atomic E-state index is -0.833. The molecular formula is C5H5BrN2O2S. The molecule has 0 aliphatic rings. The van der Waals surface area contributed by atoms with Gasteiger partial charge in [-0.3, -0.25) is 0 Å². The lowest BCUT2D eigenvalue weighted by atomic mass is 10.6. The zero-order valence-electron chi connectivity index (χ0n) is 5.41. The van der Waals surface area contributed by atoms with Crippen molar-refractivity contribution in [2.75, 3.05) is 0 Å². The Kier molecular flexibility index (Phi) is 2.84. The molecule has 4 nitrogen and oxygen atoms in total. The van der Waals surface area contributed by atoms with Crippen LogP contribution in [-0.2, 0) is 5.33 Å². The van der Waals surface area contributed by atoms with Gasteiger partial charge in [-0.25, -0.2) is 9.78 Å². The number of ether oxygens (including phenoxy) is 1. The fraction of sp³-hybridized carbons (Fsp3) is 0.200. The zero-order chi connectivity index (χ0) is 8.27. The smallest absolute Gasteiger partial charge is 0.381 e. The molecule has 0 bridgehead atoms. The summed E-state index contributed by atoms with van der Waals surface area (Å²) in [6.45, 7) is 0. The van der Waals surface area contributed by atoms with E-state index in [2.05, 4.69) is 25.7 Å². The van der Waals surface area contributed by atoms with Gasteiger partial charge in [0.2, 0.25) is 0 Å². The maximum atomic E-state index is 10.2. The van der Waals surface area contributed by atoms with Crippen LogP contribution < -0.4 is 10.5 Å². The van der Waals surface area contributed by atoms with Crippen molar-refractivity contribution in [3.8, 4) is 5.19 Å². The standard InChI is InChI=1S/C5H5BrN2O2S/c6-1-3-2-11-5(8-3)10-4(7)9/h2H,1H2,(H2,7,9). The summed E-state index contributed by atoms with van der Waals surface area (Å²) in [4.78, 5) is 14.1. The molecule has 1 aromatic rings. The third-order valence-corrected chi connectivity index (χ3v) is 2.20. The molecule has 11 heavy (non-hydrogen) atoms. The largest absolute Gasteiger partial charge is 0.411 e. The van der Waals surface area contributed by atoms with Gasteiger partial charge in [0.05, 0.1) is 5.69 Å². The lowest BCUT2D eigenvalue weighted by molar-refractivity contribution is 0.210. The van der Waals surface area contributed by atoms with Gasteiger partial charge >= 0.3 is 6.09 Å². The molecule has 1 rings (SSSR count). The number of hydrogen-bond donors (Lipinski definition) is 1. The number of thiazole rings is 1. The zero-order valence-corrected chi connectivity index (χ0v) is 7.81. The van der Waals surface area contributed by atoms with E-state index in [1.807, 2.05) is 0 Å². The molecule has 0 fully saturated rings. The first kappa shape index (κ1) is 8.48. The van der Waals surface area contributed by atoms with Crippen molar-refractivity contribution in [3.05, 3.63) is 11.1 Å². The first-order valence-corrected chi connectivity index (χ1v) is 4.70. The Balaban J connectivity index is 2.65. The van der Waals surface area contributed by atoms with E-state index in [4.69, 9.17) is 5.73 Å². The maximum absolute atomic E-state index is 10.2. The quantitative estimate of drug-likeness (QED) is 0.792. The van der Waals surface area contributed by atoms with E-state index >= 15 is 0 Å². The van der Waals surface area contributed by atoms with E-state index in [1.165, 1.54) is 11.3 Å². The predicted octanol–water partition coefficient (Wildman–Crippen LogP) is 1.50. The number of nitrogens with zero attached hydrogens (tertiary/aromatic N) is 1. The fourth-order valence-corrected chi connectivity index (χ4v) is 1.66. The molecule has 2 N–H and O–H groups in total. The minimum absolute atomic E-state index is 0.284. The normalized spacial score (nSPS) is 9.55. The number of primary amides is 1. The highest BCUT2D eigenvalue weighted by atomic mass is 79.9. The molecule has 0 saturated carbocycles. The van der Waals surface area contributed by atoms with E-state index < -0.39 is 6.09 Å². The van der Waals surface area contributed by atoms with Gasteiger partial charge in [-0.1, -0.05) is 27.3 Å². The predicted molar refractivity (Wildman–Crippen MR) is 45.0 cm³/mol. The van der Waals surface area contributed by atoms with E-state index in [-0.39, 0.29) is 5.19 Å². The van der Waals surface area contributed by atoms with Crippen LogP contribution in [0.3, 0.4) is 0 Å². The molecule has 60 valence electrons. The summed E-state index contributed by atoms with van der Waals surface area (Å²) in [6, 6.07) is 0. The molecule has 0 saturated heterocycles. The Bertz CT molecular complexity index is 263. The molecule has 1 aromatic heterocycles. The summed E-state index contributed by atoms with van der Waals surface area (Å²) in [5.41, 5.74) is 5.59. The Morgan fingerprint density at radius 3 is 3.09 bits per heavy atom. The van der Waals surface area contributed by atoms with Gasteiger partial charge in [-0.15, -0.1) is 0 Å². The molecule has 1 amide bonds. The SMILES string of the molecule is NC(=O)Oc1nc(CBr)cs1. The van der Waals surface area contributed by atoms with Gasteiger partial charge in [0.1, 0.15) is 0 Å². The fourth-order valence-electron chi connectivity index (χ4n) is 0.483.